The summed E-state index contributed by atoms with van der Waals surface area (Å²) in [5, 5.41) is 10.6. The van der Waals surface area contributed by atoms with Crippen LogP contribution in [0.15, 0.2) is 30.3 Å². The summed E-state index contributed by atoms with van der Waals surface area (Å²) >= 11 is 0. The Hall–Kier alpha value is -1.39. The average Bonchev–Trinajstić information content (AvgIpc) is 2.94. The van der Waals surface area contributed by atoms with Gasteiger partial charge in [0.1, 0.15) is 6.10 Å². The highest BCUT2D eigenvalue weighted by Crippen LogP contribution is 2.36. The maximum Gasteiger partial charge on any atom is 0.226 e. The van der Waals surface area contributed by atoms with Crippen LogP contribution in [0.3, 0.4) is 0 Å². The summed E-state index contributed by atoms with van der Waals surface area (Å²) in [6.45, 7) is 5.12. The number of morpholine rings is 1. The lowest BCUT2D eigenvalue weighted by Gasteiger charge is -2.46. The first-order valence-corrected chi connectivity index (χ1v) is 8.59. The summed E-state index contributed by atoms with van der Waals surface area (Å²) in [5.74, 6) is 0.0450. The third-order valence-electron chi connectivity index (χ3n) is 5.20. The van der Waals surface area contributed by atoms with Crippen molar-refractivity contribution in [1.82, 2.24) is 4.90 Å². The number of amides is 1. The number of hydrogen-bond acceptors (Lipinski definition) is 3. The van der Waals surface area contributed by atoms with Gasteiger partial charge < -0.3 is 14.7 Å². The fourth-order valence-corrected chi connectivity index (χ4v) is 3.74. The van der Waals surface area contributed by atoms with Crippen molar-refractivity contribution in [3.8, 4) is 0 Å². The molecule has 0 radical (unpaired) electrons. The second kappa shape index (κ2) is 6.25. The van der Waals surface area contributed by atoms with Crippen LogP contribution >= 0.6 is 0 Å². The fraction of sp³-hybridized carbons (Fsp3) is 0.632. The first-order chi connectivity index (χ1) is 10.9. The molecule has 0 spiro atoms. The van der Waals surface area contributed by atoms with Gasteiger partial charge in [0.25, 0.3) is 0 Å². The lowest BCUT2D eigenvalue weighted by Crippen LogP contribution is -2.57. The molecule has 2 aliphatic rings. The van der Waals surface area contributed by atoms with Crippen LogP contribution in [0.25, 0.3) is 0 Å². The quantitative estimate of drug-likeness (QED) is 0.932. The summed E-state index contributed by atoms with van der Waals surface area (Å²) < 4.78 is 6.00. The van der Waals surface area contributed by atoms with Crippen molar-refractivity contribution in [3.63, 3.8) is 0 Å². The van der Waals surface area contributed by atoms with E-state index in [2.05, 4.69) is 0 Å². The van der Waals surface area contributed by atoms with Gasteiger partial charge in [-0.05, 0) is 32.3 Å². The Morgan fingerprint density at radius 2 is 1.91 bits per heavy atom. The van der Waals surface area contributed by atoms with Gasteiger partial charge in [0.2, 0.25) is 5.91 Å². The number of nitrogens with zero attached hydrogens (tertiary/aromatic N) is 1. The van der Waals surface area contributed by atoms with Crippen molar-refractivity contribution >= 4 is 5.91 Å². The van der Waals surface area contributed by atoms with E-state index in [9.17, 15) is 9.90 Å². The molecule has 1 aromatic rings. The first-order valence-electron chi connectivity index (χ1n) is 8.59. The number of benzene rings is 1. The summed E-state index contributed by atoms with van der Waals surface area (Å²) in [7, 11) is 0. The van der Waals surface area contributed by atoms with Crippen molar-refractivity contribution in [2.24, 2.45) is 0 Å². The van der Waals surface area contributed by atoms with Crippen LogP contribution in [0.4, 0.5) is 0 Å². The van der Waals surface area contributed by atoms with Gasteiger partial charge in [-0.3, -0.25) is 4.79 Å². The molecule has 1 saturated carbocycles. The lowest BCUT2D eigenvalue weighted by molar-refractivity contribution is -0.159. The number of carbonyl (C=O) groups excluding carboxylic acids is 1. The summed E-state index contributed by atoms with van der Waals surface area (Å²) in [5.41, 5.74) is -0.0363. The van der Waals surface area contributed by atoms with Gasteiger partial charge in [-0.15, -0.1) is 0 Å². The Morgan fingerprint density at radius 3 is 2.57 bits per heavy atom. The van der Waals surface area contributed by atoms with Gasteiger partial charge in [-0.25, -0.2) is 0 Å². The molecule has 1 saturated heterocycles. The number of hydrogen-bond donors (Lipinski definition) is 1. The van der Waals surface area contributed by atoms with E-state index < -0.39 is 5.60 Å². The van der Waals surface area contributed by atoms with Crippen LogP contribution in [-0.2, 0) is 9.53 Å². The summed E-state index contributed by atoms with van der Waals surface area (Å²) in [4.78, 5) is 14.8. The molecule has 2 fully saturated rings. The maximum atomic E-state index is 12.9. The van der Waals surface area contributed by atoms with Gasteiger partial charge in [0.15, 0.2) is 0 Å². The molecule has 1 aromatic carbocycles. The molecule has 0 bridgehead atoms. The van der Waals surface area contributed by atoms with Gasteiger partial charge in [-0.2, -0.15) is 0 Å². The molecule has 0 aromatic heterocycles. The molecule has 1 heterocycles. The van der Waals surface area contributed by atoms with Crippen molar-refractivity contribution in [2.45, 2.75) is 63.2 Å². The van der Waals surface area contributed by atoms with Crippen LogP contribution in [0.5, 0.6) is 0 Å². The number of carbonyl (C=O) groups is 1. The zero-order valence-electron chi connectivity index (χ0n) is 14.1. The van der Waals surface area contributed by atoms with Crippen LogP contribution in [-0.4, -0.2) is 40.2 Å². The molecule has 4 nitrogen and oxygen atoms in total. The van der Waals surface area contributed by atoms with Crippen molar-refractivity contribution in [2.75, 3.05) is 13.2 Å². The topological polar surface area (TPSA) is 49.8 Å². The summed E-state index contributed by atoms with van der Waals surface area (Å²) in [6.07, 6.45) is 3.66. The van der Waals surface area contributed by atoms with Crippen LogP contribution in [0.2, 0.25) is 0 Å². The maximum absolute atomic E-state index is 12.9. The summed E-state index contributed by atoms with van der Waals surface area (Å²) in [6, 6.07) is 10.0. The molecule has 1 N–H and O–H groups in total. The van der Waals surface area contributed by atoms with Crippen LogP contribution < -0.4 is 0 Å². The van der Waals surface area contributed by atoms with E-state index >= 15 is 0 Å². The molecule has 3 rings (SSSR count). The minimum atomic E-state index is -0.798. The number of rotatable bonds is 3. The SMILES string of the molecule is CC1(C)COC(c2ccccc2)CN1C(=O)CC1(O)CCCC1. The molecule has 4 heteroatoms. The second-order valence-electron chi connectivity index (χ2n) is 7.64. The molecular formula is C19H27NO3. The highest BCUT2D eigenvalue weighted by Gasteiger charge is 2.42. The second-order valence-corrected chi connectivity index (χ2v) is 7.64. The van der Waals surface area contributed by atoms with Gasteiger partial charge in [0.05, 0.1) is 30.7 Å². The minimum absolute atomic E-state index is 0.0450. The lowest BCUT2D eigenvalue weighted by atomic mass is 9.93. The van der Waals surface area contributed by atoms with Gasteiger partial charge in [0, 0.05) is 0 Å². The Kier molecular flexibility index (Phi) is 4.47. The van der Waals surface area contributed by atoms with E-state index in [0.29, 0.717) is 13.2 Å². The van der Waals surface area contributed by atoms with E-state index in [1.807, 2.05) is 49.1 Å². The first kappa shape index (κ1) is 16.5. The monoisotopic (exact) mass is 317 g/mol. The van der Waals surface area contributed by atoms with Crippen LogP contribution in [0.1, 0.15) is 57.6 Å². The van der Waals surface area contributed by atoms with E-state index in [0.717, 1.165) is 31.2 Å². The van der Waals surface area contributed by atoms with Crippen molar-refractivity contribution in [3.05, 3.63) is 35.9 Å². The highest BCUT2D eigenvalue weighted by atomic mass is 16.5. The molecule has 1 atom stereocenters. The van der Waals surface area contributed by atoms with Crippen molar-refractivity contribution < 1.29 is 14.6 Å². The Morgan fingerprint density at radius 1 is 1.26 bits per heavy atom. The molecule has 1 amide bonds. The van der Waals surface area contributed by atoms with E-state index in [-0.39, 0.29) is 24.0 Å². The normalized spacial score (nSPS) is 26.2. The predicted molar refractivity (Wildman–Crippen MR) is 89.0 cm³/mol. The highest BCUT2D eigenvalue weighted by molar-refractivity contribution is 5.78. The molecule has 1 unspecified atom stereocenters. The largest absolute Gasteiger partial charge is 0.389 e. The molecule has 1 aliphatic heterocycles. The predicted octanol–water partition coefficient (Wildman–Crippen LogP) is 3.06. The molecule has 126 valence electrons. The number of ether oxygens (including phenoxy) is 1. The Bertz CT molecular complexity index is 549. The molecule has 23 heavy (non-hydrogen) atoms. The van der Waals surface area contributed by atoms with Crippen molar-refractivity contribution in [1.29, 1.82) is 0 Å². The third-order valence-corrected chi connectivity index (χ3v) is 5.20. The van der Waals surface area contributed by atoms with E-state index in [1.165, 1.54) is 0 Å². The minimum Gasteiger partial charge on any atom is -0.389 e. The third kappa shape index (κ3) is 3.59. The van der Waals surface area contributed by atoms with Gasteiger partial charge in [-0.1, -0.05) is 43.2 Å². The standard InChI is InChI=1S/C19H27NO3/c1-18(2)14-23-16(15-8-4-3-5-9-15)13-20(18)17(21)12-19(22)10-6-7-11-19/h3-5,8-9,16,22H,6-7,10-14H2,1-2H3. The smallest absolute Gasteiger partial charge is 0.226 e. The fourth-order valence-electron chi connectivity index (χ4n) is 3.74. The molecular weight excluding hydrogens is 290 g/mol. The van der Waals surface area contributed by atoms with Gasteiger partial charge >= 0.3 is 0 Å². The zero-order valence-corrected chi connectivity index (χ0v) is 14.1. The Labute approximate surface area is 138 Å². The van der Waals surface area contributed by atoms with Crippen LogP contribution in [0, 0.1) is 0 Å². The molecule has 1 aliphatic carbocycles. The Balaban J connectivity index is 1.73. The van der Waals surface area contributed by atoms with E-state index in [1.54, 1.807) is 0 Å². The number of aliphatic hydroxyl groups is 1. The van der Waals surface area contributed by atoms with E-state index in [4.69, 9.17) is 4.74 Å². The average molecular weight is 317 g/mol. The zero-order chi connectivity index (χ0) is 16.5.